The van der Waals surface area contributed by atoms with Gasteiger partial charge in [-0.25, -0.2) is 0 Å². The van der Waals surface area contributed by atoms with Crippen LogP contribution in [0.1, 0.15) is 52.9 Å². The molecule has 0 spiro atoms. The molecular weight excluding hydrogens is 160 g/mol. The molecule has 2 unspecified atom stereocenters. The van der Waals surface area contributed by atoms with E-state index in [1.165, 1.54) is 32.0 Å². The lowest BCUT2D eigenvalue weighted by Crippen LogP contribution is -2.33. The second-order valence-corrected chi connectivity index (χ2v) is 5.24. The summed E-state index contributed by atoms with van der Waals surface area (Å²) in [5.74, 6) is 1.04. The van der Waals surface area contributed by atoms with Crippen molar-refractivity contribution < 1.29 is 4.79 Å². The largest absolute Gasteiger partial charge is 0.303 e. The summed E-state index contributed by atoms with van der Waals surface area (Å²) in [7, 11) is 0. The third-order valence-electron chi connectivity index (χ3n) is 3.45. The minimum Gasteiger partial charge on any atom is -0.303 e. The zero-order valence-corrected chi connectivity index (χ0v) is 9.18. The van der Waals surface area contributed by atoms with Crippen LogP contribution >= 0.6 is 0 Å². The standard InChI is InChI=1S/C12H22O/c1-10(2)8-12(3)7-5-4-6-11(12)9-13/h9-11H,4-8H2,1-3H3. The number of carbonyl (C=O) groups excluding carboxylic acids is 1. The fourth-order valence-electron chi connectivity index (χ4n) is 2.85. The summed E-state index contributed by atoms with van der Waals surface area (Å²) >= 11 is 0. The molecule has 1 heteroatoms. The third kappa shape index (κ3) is 2.55. The molecule has 1 fully saturated rings. The summed E-state index contributed by atoms with van der Waals surface area (Å²) in [6.45, 7) is 6.80. The molecule has 0 bridgehead atoms. The van der Waals surface area contributed by atoms with Crippen molar-refractivity contribution in [1.82, 2.24) is 0 Å². The van der Waals surface area contributed by atoms with E-state index >= 15 is 0 Å². The van der Waals surface area contributed by atoms with Crippen molar-refractivity contribution in [3.05, 3.63) is 0 Å². The first-order valence-electron chi connectivity index (χ1n) is 5.54. The first kappa shape index (κ1) is 10.7. The van der Waals surface area contributed by atoms with E-state index in [1.54, 1.807) is 0 Å². The second kappa shape index (κ2) is 4.26. The van der Waals surface area contributed by atoms with Crippen LogP contribution in [0.3, 0.4) is 0 Å². The van der Waals surface area contributed by atoms with Gasteiger partial charge >= 0.3 is 0 Å². The Morgan fingerprint density at radius 2 is 2.15 bits per heavy atom. The molecule has 1 aliphatic rings. The van der Waals surface area contributed by atoms with Crippen molar-refractivity contribution >= 4 is 6.29 Å². The number of hydrogen-bond acceptors (Lipinski definition) is 1. The topological polar surface area (TPSA) is 17.1 Å². The Hall–Kier alpha value is -0.330. The summed E-state index contributed by atoms with van der Waals surface area (Å²) in [4.78, 5) is 11.0. The van der Waals surface area contributed by atoms with Crippen molar-refractivity contribution in [1.29, 1.82) is 0 Å². The highest BCUT2D eigenvalue weighted by molar-refractivity contribution is 5.55. The van der Waals surface area contributed by atoms with Crippen molar-refractivity contribution in [2.24, 2.45) is 17.3 Å². The number of hydrogen-bond donors (Lipinski definition) is 0. The smallest absolute Gasteiger partial charge is 0.123 e. The summed E-state index contributed by atoms with van der Waals surface area (Å²) < 4.78 is 0. The zero-order chi connectivity index (χ0) is 9.90. The molecule has 0 aromatic rings. The highest BCUT2D eigenvalue weighted by atomic mass is 16.1. The van der Waals surface area contributed by atoms with Crippen molar-refractivity contribution in [3.63, 3.8) is 0 Å². The summed E-state index contributed by atoms with van der Waals surface area (Å²) in [5.41, 5.74) is 0.300. The molecule has 0 aromatic heterocycles. The molecule has 1 nitrogen and oxygen atoms in total. The van der Waals surface area contributed by atoms with Gasteiger partial charge < -0.3 is 4.79 Å². The van der Waals surface area contributed by atoms with Gasteiger partial charge in [0.25, 0.3) is 0 Å². The second-order valence-electron chi connectivity index (χ2n) is 5.24. The highest BCUT2D eigenvalue weighted by Crippen LogP contribution is 2.44. The average molecular weight is 182 g/mol. The molecule has 1 saturated carbocycles. The van der Waals surface area contributed by atoms with Gasteiger partial charge in [-0.2, -0.15) is 0 Å². The first-order chi connectivity index (χ1) is 6.08. The first-order valence-corrected chi connectivity index (χ1v) is 5.54. The van der Waals surface area contributed by atoms with Crippen LogP contribution in [-0.2, 0) is 4.79 Å². The van der Waals surface area contributed by atoms with Gasteiger partial charge in [0.2, 0.25) is 0 Å². The van der Waals surface area contributed by atoms with Gasteiger partial charge in [0.1, 0.15) is 6.29 Å². The SMILES string of the molecule is CC(C)CC1(C)CCCCC1C=O. The summed E-state index contributed by atoms with van der Waals surface area (Å²) in [5, 5.41) is 0. The zero-order valence-electron chi connectivity index (χ0n) is 9.18. The molecule has 0 saturated heterocycles. The van der Waals surface area contributed by atoms with E-state index in [9.17, 15) is 4.79 Å². The molecule has 0 aromatic carbocycles. The molecular formula is C12H22O. The Morgan fingerprint density at radius 1 is 1.46 bits per heavy atom. The van der Waals surface area contributed by atoms with E-state index in [4.69, 9.17) is 0 Å². The van der Waals surface area contributed by atoms with Crippen LogP contribution in [-0.4, -0.2) is 6.29 Å². The summed E-state index contributed by atoms with van der Waals surface area (Å²) in [6.07, 6.45) is 7.32. The lowest BCUT2D eigenvalue weighted by Gasteiger charge is -2.40. The van der Waals surface area contributed by atoms with Crippen LogP contribution in [0, 0.1) is 17.3 Å². The lowest BCUT2D eigenvalue weighted by molar-refractivity contribution is -0.116. The average Bonchev–Trinajstić information content (AvgIpc) is 2.03. The maximum atomic E-state index is 11.0. The van der Waals surface area contributed by atoms with E-state index < -0.39 is 0 Å². The fraction of sp³-hybridized carbons (Fsp3) is 0.917. The highest BCUT2D eigenvalue weighted by Gasteiger charge is 2.36. The molecule has 13 heavy (non-hydrogen) atoms. The summed E-state index contributed by atoms with van der Waals surface area (Å²) in [6, 6.07) is 0. The van der Waals surface area contributed by atoms with Gasteiger partial charge in [0.15, 0.2) is 0 Å². The molecule has 0 N–H and O–H groups in total. The Balaban J connectivity index is 2.64. The van der Waals surface area contributed by atoms with E-state index in [0.29, 0.717) is 17.3 Å². The van der Waals surface area contributed by atoms with Crippen LogP contribution in [0.25, 0.3) is 0 Å². The molecule has 2 atom stereocenters. The quantitative estimate of drug-likeness (QED) is 0.611. The lowest BCUT2D eigenvalue weighted by atomic mass is 9.64. The predicted octanol–water partition coefficient (Wildman–Crippen LogP) is 3.43. The minimum absolute atomic E-state index is 0.300. The Morgan fingerprint density at radius 3 is 2.69 bits per heavy atom. The molecule has 76 valence electrons. The molecule has 1 rings (SSSR count). The van der Waals surface area contributed by atoms with Crippen molar-refractivity contribution in [3.8, 4) is 0 Å². The van der Waals surface area contributed by atoms with Crippen molar-refractivity contribution in [2.75, 3.05) is 0 Å². The molecule has 0 heterocycles. The van der Waals surface area contributed by atoms with Crippen LogP contribution < -0.4 is 0 Å². The molecule has 0 radical (unpaired) electrons. The van der Waals surface area contributed by atoms with Crippen LogP contribution in [0.2, 0.25) is 0 Å². The number of aldehydes is 1. The van der Waals surface area contributed by atoms with Gasteiger partial charge in [-0.3, -0.25) is 0 Å². The Kier molecular flexibility index (Phi) is 3.52. The molecule has 0 aliphatic heterocycles. The van der Waals surface area contributed by atoms with E-state index in [1.807, 2.05) is 0 Å². The fourth-order valence-corrected chi connectivity index (χ4v) is 2.85. The van der Waals surface area contributed by atoms with Gasteiger partial charge in [0, 0.05) is 5.92 Å². The normalized spacial score (nSPS) is 34.9. The third-order valence-corrected chi connectivity index (χ3v) is 3.45. The van der Waals surface area contributed by atoms with Gasteiger partial charge in [0.05, 0.1) is 0 Å². The van der Waals surface area contributed by atoms with E-state index in [0.717, 1.165) is 6.42 Å². The Bertz CT molecular complexity index is 174. The predicted molar refractivity (Wildman–Crippen MR) is 55.6 cm³/mol. The van der Waals surface area contributed by atoms with Crippen LogP contribution in [0.5, 0.6) is 0 Å². The van der Waals surface area contributed by atoms with Crippen LogP contribution in [0.15, 0.2) is 0 Å². The number of rotatable bonds is 3. The molecule has 1 aliphatic carbocycles. The minimum atomic E-state index is 0.300. The van der Waals surface area contributed by atoms with E-state index in [-0.39, 0.29) is 0 Å². The van der Waals surface area contributed by atoms with Gasteiger partial charge in [-0.05, 0) is 30.6 Å². The maximum absolute atomic E-state index is 11.0. The van der Waals surface area contributed by atoms with Gasteiger partial charge in [-0.15, -0.1) is 0 Å². The Labute approximate surface area is 81.9 Å². The van der Waals surface area contributed by atoms with E-state index in [2.05, 4.69) is 20.8 Å². The molecule has 0 amide bonds. The van der Waals surface area contributed by atoms with Crippen molar-refractivity contribution in [2.45, 2.75) is 52.9 Å². The monoisotopic (exact) mass is 182 g/mol. The maximum Gasteiger partial charge on any atom is 0.123 e. The van der Waals surface area contributed by atoms with Gasteiger partial charge in [-0.1, -0.05) is 33.6 Å². The number of carbonyl (C=O) groups is 1. The van der Waals surface area contributed by atoms with Crippen LogP contribution in [0.4, 0.5) is 0 Å².